The molecule has 10 aromatic carbocycles. The van der Waals surface area contributed by atoms with Crippen molar-refractivity contribution in [1.82, 2.24) is 19.9 Å². The Morgan fingerprint density at radius 3 is 1.49 bits per heavy atom. The number of pyridine rings is 1. The van der Waals surface area contributed by atoms with Crippen molar-refractivity contribution in [3.63, 3.8) is 0 Å². The van der Waals surface area contributed by atoms with Crippen LogP contribution in [0.4, 0.5) is 0 Å². The number of benzene rings is 10. The predicted molar refractivity (Wildman–Crippen MR) is 285 cm³/mol. The predicted octanol–water partition coefficient (Wildman–Crippen LogP) is 17.0. The minimum Gasteiger partial charge on any atom is -0.456 e. The van der Waals surface area contributed by atoms with Gasteiger partial charge in [0.15, 0.2) is 17.5 Å². The summed E-state index contributed by atoms with van der Waals surface area (Å²) in [4.78, 5) is 21.2. The summed E-state index contributed by atoms with van der Waals surface area (Å²) >= 11 is 0. The molecule has 0 saturated carbocycles. The maximum atomic E-state index is 6.79. The van der Waals surface area contributed by atoms with E-state index in [9.17, 15) is 0 Å². The van der Waals surface area contributed by atoms with E-state index in [2.05, 4.69) is 164 Å². The minimum absolute atomic E-state index is 0.555. The molecule has 0 atom stereocenters. The van der Waals surface area contributed by atoms with E-state index in [0.29, 0.717) is 17.5 Å². The van der Waals surface area contributed by atoms with E-state index in [4.69, 9.17) is 28.8 Å². The van der Waals surface area contributed by atoms with Crippen LogP contribution in [0.25, 0.3) is 144 Å². The Labute approximate surface area is 401 Å². The van der Waals surface area contributed by atoms with Crippen molar-refractivity contribution in [3.8, 4) is 78.8 Å². The molecule has 0 amide bonds. The highest BCUT2D eigenvalue weighted by atomic mass is 16.3. The largest absolute Gasteiger partial charge is 0.456 e. The van der Waals surface area contributed by atoms with Gasteiger partial charge < -0.3 is 8.83 Å². The SMILES string of the molecule is c1ccc(-c2cc(-c3ccccc3)cc(-c3nc(-c4ccccc4)nc(-c4cccc(-c5nc6ccccc6c6c(-c7cccc8c7oc7ccccc78)c7c(cc56)oc5ccccc57)c4)n3)c2)cc1. The monoisotopic (exact) mass is 894 g/mol. The standard InChI is InChI=1S/C64H38N4O2/c1-4-18-39(19-5-1)44-35-45(40-20-6-2-7-21-40)37-46(36-44)64-67-62(41-22-8-3-9-23-41)66-63(68-64)43-25-16-24-42(34-43)60-52-38-56-58(50-28-12-15-33-55(50)69-56)59(57(52)49-27-10-13-31-53(49)65-60)51-30-17-29-48-47-26-11-14-32-54(47)70-61(48)51/h1-38H. The van der Waals surface area contributed by atoms with Crippen molar-refractivity contribution in [2.24, 2.45) is 0 Å². The second-order valence-electron chi connectivity index (χ2n) is 17.7. The van der Waals surface area contributed by atoms with E-state index in [1.54, 1.807) is 0 Å². The van der Waals surface area contributed by atoms with E-state index < -0.39 is 0 Å². The second-order valence-corrected chi connectivity index (χ2v) is 17.7. The third kappa shape index (κ3) is 6.57. The molecule has 0 radical (unpaired) electrons. The van der Waals surface area contributed by atoms with Crippen LogP contribution < -0.4 is 0 Å². The molecule has 0 N–H and O–H groups in total. The number of furan rings is 2. The van der Waals surface area contributed by atoms with E-state index in [-0.39, 0.29) is 0 Å². The van der Waals surface area contributed by atoms with E-state index in [0.717, 1.165) is 127 Å². The zero-order valence-electron chi connectivity index (χ0n) is 37.5. The first kappa shape index (κ1) is 39.6. The summed E-state index contributed by atoms with van der Waals surface area (Å²) in [6.07, 6.45) is 0. The first-order valence-corrected chi connectivity index (χ1v) is 23.4. The highest BCUT2D eigenvalue weighted by Crippen LogP contribution is 2.49. The maximum Gasteiger partial charge on any atom is 0.164 e. The smallest absolute Gasteiger partial charge is 0.164 e. The molecule has 0 bridgehead atoms. The Balaban J connectivity index is 1.01. The van der Waals surface area contributed by atoms with Gasteiger partial charge in [0.25, 0.3) is 0 Å². The van der Waals surface area contributed by atoms with Crippen LogP contribution >= 0.6 is 0 Å². The lowest BCUT2D eigenvalue weighted by molar-refractivity contribution is 0.669. The zero-order valence-corrected chi connectivity index (χ0v) is 37.5. The van der Waals surface area contributed by atoms with Crippen molar-refractivity contribution in [2.75, 3.05) is 0 Å². The van der Waals surface area contributed by atoms with Gasteiger partial charge in [0.05, 0.1) is 11.2 Å². The summed E-state index contributed by atoms with van der Waals surface area (Å²) in [5.74, 6) is 1.72. The van der Waals surface area contributed by atoms with Gasteiger partial charge >= 0.3 is 0 Å². The molecule has 0 saturated heterocycles. The number of hydrogen-bond acceptors (Lipinski definition) is 6. The number of fused-ring (bicyclic) bond motifs is 9. The Kier molecular flexibility index (Phi) is 9.10. The topological polar surface area (TPSA) is 77.8 Å². The van der Waals surface area contributed by atoms with Crippen molar-refractivity contribution in [3.05, 3.63) is 231 Å². The van der Waals surface area contributed by atoms with Crippen LogP contribution in [0.1, 0.15) is 0 Å². The molecular formula is C64H38N4O2. The molecule has 0 aliphatic carbocycles. The Hall–Kier alpha value is -9.52. The highest BCUT2D eigenvalue weighted by Gasteiger charge is 2.25. The van der Waals surface area contributed by atoms with Crippen LogP contribution in [0.5, 0.6) is 0 Å². The fraction of sp³-hybridized carbons (Fsp3) is 0. The zero-order chi connectivity index (χ0) is 46.1. The highest BCUT2D eigenvalue weighted by molar-refractivity contribution is 6.29. The number of hydrogen-bond donors (Lipinski definition) is 0. The third-order valence-corrected chi connectivity index (χ3v) is 13.5. The summed E-state index contributed by atoms with van der Waals surface area (Å²) in [5, 5.41) is 7.27. The van der Waals surface area contributed by atoms with Gasteiger partial charge in [-0.2, -0.15) is 0 Å². The van der Waals surface area contributed by atoms with E-state index in [1.807, 2.05) is 66.7 Å². The van der Waals surface area contributed by atoms with Gasteiger partial charge in [-0.15, -0.1) is 0 Å². The summed E-state index contributed by atoms with van der Waals surface area (Å²) < 4.78 is 13.6. The van der Waals surface area contributed by atoms with Crippen molar-refractivity contribution >= 4 is 65.6 Å². The first-order chi connectivity index (χ1) is 34.7. The van der Waals surface area contributed by atoms with Crippen LogP contribution in [-0.2, 0) is 0 Å². The minimum atomic E-state index is 0.555. The van der Waals surface area contributed by atoms with Crippen molar-refractivity contribution < 1.29 is 8.83 Å². The maximum absolute atomic E-state index is 6.79. The van der Waals surface area contributed by atoms with Crippen LogP contribution in [0.3, 0.4) is 0 Å². The second kappa shape index (κ2) is 16.1. The molecule has 0 fully saturated rings. The molecule has 6 nitrogen and oxygen atoms in total. The first-order valence-electron chi connectivity index (χ1n) is 23.4. The summed E-state index contributed by atoms with van der Waals surface area (Å²) in [6, 6.07) is 79.7. The molecule has 4 heterocycles. The van der Waals surface area contributed by atoms with Crippen molar-refractivity contribution in [2.45, 2.75) is 0 Å². The van der Waals surface area contributed by atoms with Gasteiger partial charge in [-0.05, 0) is 70.8 Å². The lowest BCUT2D eigenvalue weighted by Gasteiger charge is -2.16. The van der Waals surface area contributed by atoms with Gasteiger partial charge in [-0.25, -0.2) is 19.9 Å². The van der Waals surface area contributed by atoms with Gasteiger partial charge in [-0.1, -0.05) is 182 Å². The molecule has 326 valence electrons. The fourth-order valence-electron chi connectivity index (χ4n) is 10.3. The molecular weight excluding hydrogens is 857 g/mol. The van der Waals surface area contributed by atoms with Crippen LogP contribution in [0, 0.1) is 0 Å². The quantitative estimate of drug-likeness (QED) is 0.148. The summed E-state index contributed by atoms with van der Waals surface area (Å²) in [5.41, 5.74) is 14.9. The Morgan fingerprint density at radius 2 is 0.771 bits per heavy atom. The molecule has 70 heavy (non-hydrogen) atoms. The summed E-state index contributed by atoms with van der Waals surface area (Å²) in [7, 11) is 0. The van der Waals surface area contributed by atoms with E-state index in [1.165, 1.54) is 0 Å². The Bertz CT molecular complexity index is 4290. The molecule has 0 unspecified atom stereocenters. The lowest BCUT2D eigenvalue weighted by Crippen LogP contribution is -2.01. The number of nitrogens with zero attached hydrogens (tertiary/aromatic N) is 4. The van der Waals surface area contributed by atoms with Gasteiger partial charge in [-0.3, -0.25) is 0 Å². The molecule has 4 aromatic heterocycles. The van der Waals surface area contributed by atoms with Crippen molar-refractivity contribution in [1.29, 1.82) is 0 Å². The average molecular weight is 895 g/mol. The van der Waals surface area contributed by atoms with Gasteiger partial charge in [0.2, 0.25) is 0 Å². The van der Waals surface area contributed by atoms with Crippen LogP contribution in [-0.4, -0.2) is 19.9 Å². The molecule has 6 heteroatoms. The van der Waals surface area contributed by atoms with Gasteiger partial charge in [0, 0.05) is 71.1 Å². The molecule has 0 aliphatic heterocycles. The number of para-hydroxylation sites is 4. The van der Waals surface area contributed by atoms with Crippen LogP contribution in [0.2, 0.25) is 0 Å². The Morgan fingerprint density at radius 1 is 0.271 bits per heavy atom. The molecule has 0 aliphatic rings. The average Bonchev–Trinajstić information content (AvgIpc) is 4.01. The molecule has 0 spiro atoms. The number of aromatic nitrogens is 4. The van der Waals surface area contributed by atoms with E-state index >= 15 is 0 Å². The van der Waals surface area contributed by atoms with Gasteiger partial charge in [0.1, 0.15) is 22.3 Å². The molecule has 14 aromatic rings. The molecule has 14 rings (SSSR count). The van der Waals surface area contributed by atoms with Crippen LogP contribution in [0.15, 0.2) is 239 Å². The number of rotatable bonds is 7. The fourth-order valence-corrected chi connectivity index (χ4v) is 10.3. The summed E-state index contributed by atoms with van der Waals surface area (Å²) in [6.45, 7) is 0. The third-order valence-electron chi connectivity index (χ3n) is 13.5. The lowest BCUT2D eigenvalue weighted by atomic mass is 9.88. The normalized spacial score (nSPS) is 11.7.